The van der Waals surface area contributed by atoms with Crippen molar-refractivity contribution in [2.45, 2.75) is 65.6 Å². The van der Waals surface area contributed by atoms with E-state index in [4.69, 9.17) is 9.47 Å². The van der Waals surface area contributed by atoms with Crippen LogP contribution in [-0.2, 0) is 16.0 Å². The van der Waals surface area contributed by atoms with Crippen LogP contribution in [0.15, 0.2) is 5.38 Å². The second-order valence-electron chi connectivity index (χ2n) is 6.60. The van der Waals surface area contributed by atoms with Gasteiger partial charge in [-0.15, -0.1) is 11.3 Å². The number of nitrogens with one attached hydrogen (secondary N) is 1. The van der Waals surface area contributed by atoms with E-state index < -0.39 is 23.6 Å². The zero-order valence-electron chi connectivity index (χ0n) is 13.4. The average Bonchev–Trinajstić information content (AvgIpc) is 2.70. The molecule has 1 aromatic rings. The number of carbonyl (C=O) groups excluding carboxylic acids is 1. The number of nitrogens with zero attached hydrogens (tertiary/aromatic N) is 1. The van der Waals surface area contributed by atoms with Crippen LogP contribution in [0.5, 0.6) is 0 Å². The molecule has 1 amide bonds. The minimum absolute atomic E-state index is 0.252. The van der Waals surface area contributed by atoms with Crippen LogP contribution >= 0.6 is 11.3 Å². The molecule has 0 spiro atoms. The lowest BCUT2D eigenvalue weighted by Crippen LogP contribution is -2.32. The second-order valence-corrected chi connectivity index (χ2v) is 7.55. The summed E-state index contributed by atoms with van der Waals surface area (Å²) in [5.41, 5.74) is -0.553. The minimum atomic E-state index is -1.07. The maximum atomic E-state index is 11.5. The van der Waals surface area contributed by atoms with Crippen molar-refractivity contribution >= 4 is 17.4 Å². The molecule has 0 saturated heterocycles. The average molecular weight is 316 g/mol. The molecule has 0 aliphatic rings. The molecule has 0 fully saturated rings. The number of carbonyl (C=O) groups is 1. The highest BCUT2D eigenvalue weighted by Crippen LogP contribution is 2.23. The van der Waals surface area contributed by atoms with Gasteiger partial charge in [-0.2, -0.15) is 0 Å². The van der Waals surface area contributed by atoms with Crippen molar-refractivity contribution in [3.8, 4) is 0 Å². The van der Waals surface area contributed by atoms with Crippen molar-refractivity contribution in [3.05, 3.63) is 16.1 Å². The third kappa shape index (κ3) is 7.40. The maximum absolute atomic E-state index is 11.5. The highest BCUT2D eigenvalue weighted by atomic mass is 32.1. The number of hydrogen-bond acceptors (Lipinski definition) is 6. The molecule has 0 aliphatic heterocycles. The molecule has 21 heavy (non-hydrogen) atoms. The molecular formula is C14H24N2O4S. The Hall–Kier alpha value is -1.18. The Morgan fingerprint density at radius 3 is 2.48 bits per heavy atom. The first kappa shape index (κ1) is 17.9. The molecule has 1 rings (SSSR count). The van der Waals surface area contributed by atoms with Crippen LogP contribution in [0.2, 0.25) is 0 Å². The standard InChI is InChI=1S/C14H24N2O4S/c1-13(2,3)19-11(17)9-8-21-10(16-9)7-15-12(18)20-14(4,5)6/h8,11,17H,7H2,1-6H3,(H,15,18). The molecular weight excluding hydrogens is 292 g/mol. The highest BCUT2D eigenvalue weighted by molar-refractivity contribution is 7.09. The van der Waals surface area contributed by atoms with Gasteiger partial charge in [0.15, 0.2) is 6.29 Å². The number of aliphatic hydroxyl groups excluding tert-OH is 1. The highest BCUT2D eigenvalue weighted by Gasteiger charge is 2.21. The third-order valence-electron chi connectivity index (χ3n) is 2.07. The molecule has 7 heteroatoms. The van der Waals surface area contributed by atoms with E-state index in [-0.39, 0.29) is 6.54 Å². The molecule has 120 valence electrons. The van der Waals surface area contributed by atoms with Gasteiger partial charge < -0.3 is 19.9 Å². The van der Waals surface area contributed by atoms with E-state index in [0.717, 1.165) is 0 Å². The summed E-state index contributed by atoms with van der Waals surface area (Å²) < 4.78 is 10.5. The minimum Gasteiger partial charge on any atom is -0.444 e. The molecule has 0 radical (unpaired) electrons. The van der Waals surface area contributed by atoms with E-state index in [1.807, 2.05) is 20.8 Å². The molecule has 1 unspecified atom stereocenters. The number of rotatable bonds is 4. The van der Waals surface area contributed by atoms with Gasteiger partial charge in [0.25, 0.3) is 0 Å². The number of thiazole rings is 1. The first-order chi connectivity index (χ1) is 9.46. The van der Waals surface area contributed by atoms with E-state index in [9.17, 15) is 9.90 Å². The predicted octanol–water partition coefficient (Wildman–Crippen LogP) is 2.97. The molecule has 1 aromatic heterocycles. The van der Waals surface area contributed by atoms with Crippen molar-refractivity contribution in [2.24, 2.45) is 0 Å². The van der Waals surface area contributed by atoms with Gasteiger partial charge >= 0.3 is 6.09 Å². The van der Waals surface area contributed by atoms with Gasteiger partial charge in [-0.25, -0.2) is 9.78 Å². The molecule has 0 bridgehead atoms. The second kappa shape index (κ2) is 6.72. The van der Waals surface area contributed by atoms with Gasteiger partial charge in [-0.1, -0.05) is 0 Å². The van der Waals surface area contributed by atoms with Crippen LogP contribution in [0.3, 0.4) is 0 Å². The topological polar surface area (TPSA) is 80.7 Å². The Labute approximate surface area is 129 Å². The summed E-state index contributed by atoms with van der Waals surface area (Å²) in [7, 11) is 0. The molecule has 1 heterocycles. The van der Waals surface area contributed by atoms with Crippen LogP contribution < -0.4 is 5.32 Å². The van der Waals surface area contributed by atoms with Crippen molar-refractivity contribution in [1.82, 2.24) is 10.3 Å². The van der Waals surface area contributed by atoms with Crippen molar-refractivity contribution in [1.29, 1.82) is 0 Å². The first-order valence-corrected chi connectivity index (χ1v) is 7.61. The fraction of sp³-hybridized carbons (Fsp3) is 0.714. The summed E-state index contributed by atoms with van der Waals surface area (Å²) in [5, 5.41) is 14.9. The van der Waals surface area contributed by atoms with E-state index in [0.29, 0.717) is 10.7 Å². The Balaban J connectivity index is 2.51. The van der Waals surface area contributed by atoms with Crippen LogP contribution in [0, 0.1) is 0 Å². The summed E-state index contributed by atoms with van der Waals surface area (Å²) in [6, 6.07) is 0. The lowest BCUT2D eigenvalue weighted by atomic mass is 10.2. The van der Waals surface area contributed by atoms with Crippen LogP contribution in [0.1, 0.15) is 58.5 Å². The summed E-state index contributed by atoms with van der Waals surface area (Å²) in [4.78, 5) is 15.8. The SMILES string of the molecule is CC(C)(C)OC(=O)NCc1nc(C(O)OC(C)(C)C)cs1. The molecule has 0 saturated carbocycles. The molecule has 2 N–H and O–H groups in total. The van der Waals surface area contributed by atoms with E-state index in [1.165, 1.54) is 11.3 Å². The van der Waals surface area contributed by atoms with Gasteiger partial charge in [0, 0.05) is 5.38 Å². The molecule has 6 nitrogen and oxygen atoms in total. The van der Waals surface area contributed by atoms with Crippen LogP contribution in [-0.4, -0.2) is 27.4 Å². The lowest BCUT2D eigenvalue weighted by Gasteiger charge is -2.22. The number of aromatic nitrogens is 1. The van der Waals surface area contributed by atoms with Gasteiger partial charge in [-0.3, -0.25) is 0 Å². The van der Waals surface area contributed by atoms with Crippen LogP contribution in [0.4, 0.5) is 4.79 Å². The summed E-state index contributed by atoms with van der Waals surface area (Å²) in [6.07, 6.45) is -1.57. The fourth-order valence-corrected chi connectivity index (χ4v) is 2.12. The van der Waals surface area contributed by atoms with Gasteiger partial charge in [0.2, 0.25) is 0 Å². The lowest BCUT2D eigenvalue weighted by molar-refractivity contribution is -0.171. The fourth-order valence-electron chi connectivity index (χ4n) is 1.38. The molecule has 0 aliphatic carbocycles. The molecule has 1 atom stereocenters. The molecule has 0 aromatic carbocycles. The summed E-state index contributed by atoms with van der Waals surface area (Å²) >= 11 is 1.34. The zero-order valence-corrected chi connectivity index (χ0v) is 14.2. The number of ether oxygens (including phenoxy) is 2. The monoisotopic (exact) mass is 316 g/mol. The maximum Gasteiger partial charge on any atom is 0.408 e. The predicted molar refractivity (Wildman–Crippen MR) is 81.0 cm³/mol. The summed E-state index contributed by atoms with van der Waals surface area (Å²) in [5.74, 6) is 0. The Kier molecular flexibility index (Phi) is 5.72. The Morgan fingerprint density at radius 1 is 1.33 bits per heavy atom. The van der Waals surface area contributed by atoms with E-state index in [1.54, 1.807) is 26.2 Å². The van der Waals surface area contributed by atoms with Crippen molar-refractivity contribution < 1.29 is 19.4 Å². The largest absolute Gasteiger partial charge is 0.444 e. The quantitative estimate of drug-likeness (QED) is 0.835. The van der Waals surface area contributed by atoms with Gasteiger partial charge in [0.05, 0.1) is 12.1 Å². The van der Waals surface area contributed by atoms with Crippen molar-refractivity contribution in [2.75, 3.05) is 0 Å². The Bertz CT molecular complexity index is 474. The number of amides is 1. The first-order valence-electron chi connectivity index (χ1n) is 6.73. The third-order valence-corrected chi connectivity index (χ3v) is 2.94. The van der Waals surface area contributed by atoms with E-state index >= 15 is 0 Å². The number of hydrogen-bond donors (Lipinski definition) is 2. The number of aliphatic hydroxyl groups is 1. The summed E-state index contributed by atoms with van der Waals surface area (Å²) in [6.45, 7) is 11.2. The van der Waals surface area contributed by atoms with Crippen LogP contribution in [0.25, 0.3) is 0 Å². The van der Waals surface area contributed by atoms with Gasteiger partial charge in [0.1, 0.15) is 16.3 Å². The number of alkyl carbamates (subject to hydrolysis) is 1. The van der Waals surface area contributed by atoms with E-state index in [2.05, 4.69) is 10.3 Å². The van der Waals surface area contributed by atoms with Gasteiger partial charge in [-0.05, 0) is 41.5 Å². The zero-order chi connectivity index (χ0) is 16.3. The normalized spacial score (nSPS) is 13.9. The Morgan fingerprint density at radius 2 is 1.95 bits per heavy atom. The van der Waals surface area contributed by atoms with Crippen molar-refractivity contribution in [3.63, 3.8) is 0 Å². The smallest absolute Gasteiger partial charge is 0.408 e.